The minimum absolute atomic E-state index is 0.0162. The summed E-state index contributed by atoms with van der Waals surface area (Å²) in [5.74, 6) is -1.80. The number of aromatic amines is 1. The van der Waals surface area contributed by atoms with Gasteiger partial charge in [-0.25, -0.2) is 9.59 Å². The molecule has 92 valence electrons. The Bertz CT molecular complexity index is 701. The fourth-order valence-electron chi connectivity index (χ4n) is 1.61. The first-order valence-corrected chi connectivity index (χ1v) is 5.01. The van der Waals surface area contributed by atoms with E-state index in [9.17, 15) is 14.4 Å². The van der Waals surface area contributed by atoms with E-state index in [4.69, 9.17) is 5.11 Å². The van der Waals surface area contributed by atoms with Crippen LogP contribution in [0.5, 0.6) is 0 Å². The molecule has 0 aliphatic heterocycles. The number of rotatable bonds is 2. The van der Waals surface area contributed by atoms with Gasteiger partial charge in [0, 0.05) is 11.5 Å². The monoisotopic (exact) mass is 247 g/mol. The van der Waals surface area contributed by atoms with E-state index in [1.165, 1.54) is 25.3 Å². The van der Waals surface area contributed by atoms with Crippen molar-refractivity contribution >= 4 is 22.8 Å². The van der Waals surface area contributed by atoms with Gasteiger partial charge in [0.25, 0.3) is 0 Å². The Hall–Kier alpha value is -2.63. The predicted octanol–water partition coefficient (Wildman–Crippen LogP) is 1.01. The van der Waals surface area contributed by atoms with Gasteiger partial charge < -0.3 is 14.8 Å². The summed E-state index contributed by atoms with van der Waals surface area (Å²) in [5.41, 5.74) is -0.0819. The number of carbonyl (C=O) groups excluding carboxylic acids is 1. The Morgan fingerprint density at radius 3 is 2.61 bits per heavy atom. The van der Waals surface area contributed by atoms with Crippen LogP contribution in [-0.2, 0) is 4.74 Å². The number of hydrogen-bond donors (Lipinski definition) is 2. The van der Waals surface area contributed by atoms with Gasteiger partial charge in [-0.15, -0.1) is 0 Å². The van der Waals surface area contributed by atoms with Crippen molar-refractivity contribution in [1.82, 2.24) is 4.98 Å². The van der Waals surface area contributed by atoms with Gasteiger partial charge in [0.2, 0.25) is 0 Å². The molecule has 0 saturated carbocycles. The lowest BCUT2D eigenvalue weighted by Crippen LogP contribution is -2.11. The zero-order valence-corrected chi connectivity index (χ0v) is 9.39. The van der Waals surface area contributed by atoms with E-state index < -0.39 is 11.9 Å². The average molecular weight is 247 g/mol. The number of carboxylic acids is 1. The lowest BCUT2D eigenvalue weighted by Gasteiger charge is -2.03. The van der Waals surface area contributed by atoms with Gasteiger partial charge in [-0.3, -0.25) is 4.79 Å². The standard InChI is InChI=1S/C12H9NO5/c1-18-12(17)9-5-10(14)7-3-2-6(11(15)16)4-8(7)13-9/h2-5H,1H3,(H,13,14)(H,15,16). The molecule has 2 N–H and O–H groups in total. The number of methoxy groups -OCH3 is 1. The Labute approximate surface area is 101 Å². The largest absolute Gasteiger partial charge is 0.478 e. The number of H-pyrrole nitrogens is 1. The average Bonchev–Trinajstić information content (AvgIpc) is 2.36. The summed E-state index contributed by atoms with van der Waals surface area (Å²) >= 11 is 0. The molecular formula is C12H9NO5. The maximum atomic E-state index is 11.7. The van der Waals surface area contributed by atoms with Crippen LogP contribution in [0.2, 0.25) is 0 Å². The molecule has 0 aliphatic rings. The number of benzene rings is 1. The van der Waals surface area contributed by atoms with Crippen molar-refractivity contribution in [2.75, 3.05) is 7.11 Å². The van der Waals surface area contributed by atoms with Crippen molar-refractivity contribution in [2.24, 2.45) is 0 Å². The first-order chi connectivity index (χ1) is 8.52. The minimum atomic E-state index is -1.11. The van der Waals surface area contributed by atoms with E-state index in [1.54, 1.807) is 0 Å². The van der Waals surface area contributed by atoms with Gasteiger partial charge in [-0.1, -0.05) is 0 Å². The van der Waals surface area contributed by atoms with Crippen molar-refractivity contribution in [3.05, 3.63) is 45.7 Å². The van der Waals surface area contributed by atoms with Gasteiger partial charge >= 0.3 is 11.9 Å². The summed E-state index contributed by atoms with van der Waals surface area (Å²) in [7, 11) is 1.19. The maximum Gasteiger partial charge on any atom is 0.354 e. The molecule has 6 heteroatoms. The molecule has 2 rings (SSSR count). The van der Waals surface area contributed by atoms with Crippen LogP contribution in [0.1, 0.15) is 20.8 Å². The summed E-state index contributed by atoms with van der Waals surface area (Å²) in [4.78, 5) is 36.5. The molecule has 1 aromatic heterocycles. The van der Waals surface area contributed by atoms with Gasteiger partial charge in [-0.05, 0) is 18.2 Å². The third-order valence-electron chi connectivity index (χ3n) is 2.48. The molecule has 18 heavy (non-hydrogen) atoms. The number of pyridine rings is 1. The third kappa shape index (κ3) is 1.95. The number of carbonyl (C=O) groups is 2. The number of ether oxygens (including phenoxy) is 1. The van der Waals surface area contributed by atoms with Crippen molar-refractivity contribution in [3.8, 4) is 0 Å². The zero-order valence-electron chi connectivity index (χ0n) is 9.39. The summed E-state index contributed by atoms with van der Waals surface area (Å²) in [6.45, 7) is 0. The quantitative estimate of drug-likeness (QED) is 0.772. The van der Waals surface area contributed by atoms with Crippen molar-refractivity contribution in [2.45, 2.75) is 0 Å². The highest BCUT2D eigenvalue weighted by Gasteiger charge is 2.11. The van der Waals surface area contributed by atoms with E-state index in [-0.39, 0.29) is 22.2 Å². The molecule has 6 nitrogen and oxygen atoms in total. The fourth-order valence-corrected chi connectivity index (χ4v) is 1.61. The summed E-state index contributed by atoms with van der Waals surface area (Å²) in [6.07, 6.45) is 0. The topological polar surface area (TPSA) is 96.5 Å². The SMILES string of the molecule is COC(=O)c1cc(=O)c2ccc(C(=O)O)cc2[nH]1. The molecular weight excluding hydrogens is 238 g/mol. The lowest BCUT2D eigenvalue weighted by molar-refractivity contribution is 0.0593. The van der Waals surface area contributed by atoms with Crippen molar-refractivity contribution < 1.29 is 19.4 Å². The lowest BCUT2D eigenvalue weighted by atomic mass is 10.1. The summed E-state index contributed by atoms with van der Waals surface area (Å²) < 4.78 is 4.49. The molecule has 0 unspecified atom stereocenters. The van der Waals surface area contributed by atoms with Gasteiger partial charge in [0.05, 0.1) is 18.2 Å². The highest BCUT2D eigenvalue weighted by molar-refractivity contribution is 5.95. The summed E-state index contributed by atoms with van der Waals surface area (Å²) in [5, 5.41) is 9.17. The first kappa shape index (κ1) is 11.8. The second kappa shape index (κ2) is 4.33. The molecule has 0 saturated heterocycles. The van der Waals surface area contributed by atoms with Crippen molar-refractivity contribution in [3.63, 3.8) is 0 Å². The van der Waals surface area contributed by atoms with E-state index in [2.05, 4.69) is 9.72 Å². The van der Waals surface area contributed by atoms with E-state index in [1.807, 2.05) is 0 Å². The molecule has 1 aromatic carbocycles. The van der Waals surface area contributed by atoms with Gasteiger partial charge in [-0.2, -0.15) is 0 Å². The number of aromatic carboxylic acids is 1. The van der Waals surface area contributed by atoms with Crippen LogP contribution in [-0.4, -0.2) is 29.1 Å². The Balaban J connectivity index is 2.72. The number of aromatic nitrogens is 1. The number of hydrogen-bond acceptors (Lipinski definition) is 4. The second-order valence-corrected chi connectivity index (χ2v) is 3.60. The van der Waals surface area contributed by atoms with Crippen LogP contribution < -0.4 is 5.43 Å². The zero-order chi connectivity index (χ0) is 13.3. The number of carboxylic acid groups (broad SMARTS) is 1. The Morgan fingerprint density at radius 2 is 2.00 bits per heavy atom. The molecule has 0 bridgehead atoms. The molecule has 0 amide bonds. The van der Waals surface area contributed by atoms with E-state index in [0.717, 1.165) is 6.07 Å². The molecule has 0 spiro atoms. The molecule has 2 aromatic rings. The molecule has 1 heterocycles. The van der Waals surface area contributed by atoms with Crippen LogP contribution in [0.4, 0.5) is 0 Å². The van der Waals surface area contributed by atoms with E-state index in [0.29, 0.717) is 5.39 Å². The predicted molar refractivity (Wildman–Crippen MR) is 62.9 cm³/mol. The molecule has 0 aliphatic carbocycles. The van der Waals surface area contributed by atoms with Crippen LogP contribution in [0, 0.1) is 0 Å². The molecule has 0 radical (unpaired) electrons. The highest BCUT2D eigenvalue weighted by Crippen LogP contribution is 2.12. The normalized spacial score (nSPS) is 10.3. The minimum Gasteiger partial charge on any atom is -0.478 e. The van der Waals surface area contributed by atoms with Gasteiger partial charge in [0.15, 0.2) is 5.43 Å². The van der Waals surface area contributed by atoms with Gasteiger partial charge in [0.1, 0.15) is 5.69 Å². The number of nitrogens with one attached hydrogen (secondary N) is 1. The number of esters is 1. The smallest absolute Gasteiger partial charge is 0.354 e. The molecule has 0 fully saturated rings. The fraction of sp³-hybridized carbons (Fsp3) is 0.0833. The first-order valence-electron chi connectivity index (χ1n) is 5.01. The maximum absolute atomic E-state index is 11.7. The Kier molecular flexibility index (Phi) is 2.85. The van der Waals surface area contributed by atoms with Crippen LogP contribution >= 0.6 is 0 Å². The second-order valence-electron chi connectivity index (χ2n) is 3.60. The van der Waals surface area contributed by atoms with Crippen LogP contribution in [0.25, 0.3) is 10.9 Å². The van der Waals surface area contributed by atoms with Crippen LogP contribution in [0.15, 0.2) is 29.1 Å². The molecule has 0 atom stereocenters. The van der Waals surface area contributed by atoms with Crippen molar-refractivity contribution in [1.29, 1.82) is 0 Å². The highest BCUT2D eigenvalue weighted by atomic mass is 16.5. The number of fused-ring (bicyclic) bond motifs is 1. The third-order valence-corrected chi connectivity index (χ3v) is 2.48. The van der Waals surface area contributed by atoms with Crippen LogP contribution in [0.3, 0.4) is 0 Å². The summed E-state index contributed by atoms with van der Waals surface area (Å²) in [6, 6.07) is 5.15. The van der Waals surface area contributed by atoms with E-state index >= 15 is 0 Å². The Morgan fingerprint density at radius 1 is 1.28 bits per heavy atom.